The molecule has 2 aliphatic carbocycles. The molecule has 1 heteroatoms. The van der Waals surface area contributed by atoms with Crippen molar-refractivity contribution in [1.29, 1.82) is 0 Å². The first-order chi connectivity index (χ1) is 29.2. The number of hydrogen-bond donors (Lipinski definition) is 0. The molecule has 0 atom stereocenters. The van der Waals surface area contributed by atoms with Crippen LogP contribution in [0.5, 0.6) is 0 Å². The lowest BCUT2D eigenvalue weighted by atomic mass is 9.80. The standard InChI is InChI=1S/C58H36S/c1-2-7-53-46(4-1)34-54(59-53)49-30-24-45-26-32-51-48(29-23-44-27-33-52(49)58(45)57(44)51)40-18-14-38(15-19-40)36-10-8-35(9-11-36)37-12-16-39(17-13-37)47-28-22-43-21-20-41-5-3-6-42-25-31-50(47)56(43)55(41)42/h1-4,6-20,22-34H,5,21H2. The Morgan fingerprint density at radius 1 is 0.390 bits per heavy atom. The maximum absolute atomic E-state index is 2.43. The van der Waals surface area contributed by atoms with Gasteiger partial charge in [0, 0.05) is 9.58 Å². The van der Waals surface area contributed by atoms with Crippen LogP contribution in [0.25, 0.3) is 120 Å². The summed E-state index contributed by atoms with van der Waals surface area (Å²) in [5.41, 5.74) is 17.0. The predicted octanol–water partition coefficient (Wildman–Crippen LogP) is 16.6. The van der Waals surface area contributed by atoms with Gasteiger partial charge in [-0.15, -0.1) is 11.3 Å². The van der Waals surface area contributed by atoms with Gasteiger partial charge in [-0.2, -0.15) is 0 Å². The van der Waals surface area contributed by atoms with Gasteiger partial charge in [0.15, 0.2) is 0 Å². The van der Waals surface area contributed by atoms with E-state index in [0.29, 0.717) is 0 Å². The van der Waals surface area contributed by atoms with Gasteiger partial charge >= 0.3 is 0 Å². The van der Waals surface area contributed by atoms with Crippen molar-refractivity contribution in [3.05, 3.63) is 205 Å². The van der Waals surface area contributed by atoms with E-state index in [1.807, 2.05) is 11.3 Å². The number of thiophene rings is 1. The topological polar surface area (TPSA) is 0 Å². The van der Waals surface area contributed by atoms with Crippen LogP contribution in [0, 0.1) is 0 Å². The highest BCUT2D eigenvalue weighted by Crippen LogP contribution is 2.46. The minimum absolute atomic E-state index is 1.02. The number of rotatable bonds is 5. The van der Waals surface area contributed by atoms with E-state index in [1.165, 1.54) is 130 Å². The molecule has 0 unspecified atom stereocenters. The molecule has 0 nitrogen and oxygen atoms in total. The molecule has 0 spiro atoms. The van der Waals surface area contributed by atoms with E-state index in [0.717, 1.165) is 12.8 Å². The Labute approximate surface area is 347 Å². The van der Waals surface area contributed by atoms with Crippen molar-refractivity contribution in [2.45, 2.75) is 12.8 Å². The van der Waals surface area contributed by atoms with E-state index in [-0.39, 0.29) is 0 Å². The maximum atomic E-state index is 2.43. The zero-order valence-electron chi connectivity index (χ0n) is 32.3. The quantitative estimate of drug-likeness (QED) is 0.153. The van der Waals surface area contributed by atoms with E-state index in [9.17, 15) is 0 Å². The molecular weight excluding hydrogens is 729 g/mol. The molecule has 1 heterocycles. The van der Waals surface area contributed by atoms with E-state index in [4.69, 9.17) is 0 Å². The summed E-state index contributed by atoms with van der Waals surface area (Å²) in [6, 6.07) is 66.2. The Hall–Kier alpha value is -7.06. The molecule has 0 N–H and O–H groups in total. The predicted molar refractivity (Wildman–Crippen MR) is 256 cm³/mol. The van der Waals surface area contributed by atoms with Gasteiger partial charge in [0.05, 0.1) is 0 Å². The third kappa shape index (κ3) is 5.08. The number of allylic oxidation sites excluding steroid dienone is 3. The molecule has 0 saturated heterocycles. The van der Waals surface area contributed by atoms with Crippen LogP contribution >= 0.6 is 11.3 Å². The molecule has 59 heavy (non-hydrogen) atoms. The summed E-state index contributed by atoms with van der Waals surface area (Å²) in [6.07, 6.45) is 9.07. The largest absolute Gasteiger partial charge is 0.135 e. The summed E-state index contributed by atoms with van der Waals surface area (Å²) in [7, 11) is 0. The Morgan fingerprint density at radius 3 is 1.56 bits per heavy atom. The Balaban J connectivity index is 0.798. The first-order valence-electron chi connectivity index (χ1n) is 20.7. The fourth-order valence-electron chi connectivity index (χ4n) is 10.2. The van der Waals surface area contributed by atoms with E-state index >= 15 is 0 Å². The van der Waals surface area contributed by atoms with Gasteiger partial charge in [-0.1, -0.05) is 182 Å². The molecule has 0 aliphatic heterocycles. The smallest absolute Gasteiger partial charge is 0.0361 e. The zero-order valence-corrected chi connectivity index (χ0v) is 33.1. The summed E-state index contributed by atoms with van der Waals surface area (Å²) >= 11 is 1.88. The lowest BCUT2D eigenvalue weighted by Gasteiger charge is -2.24. The minimum atomic E-state index is 1.02. The van der Waals surface area contributed by atoms with Crippen molar-refractivity contribution in [3.8, 4) is 54.9 Å². The summed E-state index contributed by atoms with van der Waals surface area (Å²) in [5.74, 6) is 0. The molecule has 0 fully saturated rings. The van der Waals surface area contributed by atoms with Crippen LogP contribution in [-0.4, -0.2) is 0 Å². The third-order valence-corrected chi connectivity index (χ3v) is 14.3. The lowest BCUT2D eigenvalue weighted by molar-refractivity contribution is 1.23. The SMILES string of the molecule is C1=Cc2ccc3c(-c4ccc(-c5ccc(-c6ccc(-c7ccc8ccc9c(-c%10cc%11ccccc%11s%10)ccc%10ccc7c8c%109)cc6)cc5)cc4)ccc4c3c2C(=CC4)C1. The Morgan fingerprint density at radius 2 is 0.915 bits per heavy atom. The molecule has 0 bridgehead atoms. The van der Waals surface area contributed by atoms with Crippen molar-refractivity contribution in [1.82, 2.24) is 0 Å². The second-order valence-electron chi connectivity index (χ2n) is 16.3. The van der Waals surface area contributed by atoms with Crippen molar-refractivity contribution in [2.75, 3.05) is 0 Å². The molecule has 2 aliphatic rings. The first-order valence-corrected chi connectivity index (χ1v) is 21.5. The number of fused-ring (bicyclic) bond motifs is 1. The van der Waals surface area contributed by atoms with Crippen LogP contribution in [0.1, 0.15) is 23.1 Å². The van der Waals surface area contributed by atoms with Gasteiger partial charge in [0.2, 0.25) is 0 Å². The van der Waals surface area contributed by atoms with Crippen LogP contribution in [0.3, 0.4) is 0 Å². The fraction of sp³-hybridized carbons (Fsp3) is 0.0345. The summed E-state index contributed by atoms with van der Waals surface area (Å²) in [6.45, 7) is 0. The van der Waals surface area contributed by atoms with Crippen LogP contribution in [0.2, 0.25) is 0 Å². The highest BCUT2D eigenvalue weighted by atomic mass is 32.1. The van der Waals surface area contributed by atoms with Crippen LogP contribution < -0.4 is 0 Å². The zero-order chi connectivity index (χ0) is 38.6. The van der Waals surface area contributed by atoms with Gasteiger partial charge in [-0.25, -0.2) is 0 Å². The van der Waals surface area contributed by atoms with Gasteiger partial charge in [0.25, 0.3) is 0 Å². The van der Waals surface area contributed by atoms with Gasteiger partial charge in [0.1, 0.15) is 0 Å². The first kappa shape index (κ1) is 33.0. The van der Waals surface area contributed by atoms with Crippen molar-refractivity contribution in [3.63, 3.8) is 0 Å². The molecule has 0 saturated carbocycles. The second-order valence-corrected chi connectivity index (χ2v) is 17.4. The van der Waals surface area contributed by atoms with Crippen molar-refractivity contribution >= 4 is 76.2 Å². The van der Waals surface area contributed by atoms with Crippen LogP contribution in [0.15, 0.2) is 188 Å². The van der Waals surface area contributed by atoms with E-state index in [2.05, 4.69) is 194 Å². The lowest BCUT2D eigenvalue weighted by Crippen LogP contribution is -2.03. The maximum Gasteiger partial charge on any atom is 0.0361 e. The summed E-state index contributed by atoms with van der Waals surface area (Å²) in [4.78, 5) is 1.32. The van der Waals surface area contributed by atoms with E-state index < -0.39 is 0 Å². The molecule has 13 rings (SSSR count). The van der Waals surface area contributed by atoms with E-state index in [1.54, 1.807) is 0 Å². The average molecular weight is 765 g/mol. The van der Waals surface area contributed by atoms with Gasteiger partial charge in [-0.3, -0.25) is 0 Å². The monoisotopic (exact) mass is 764 g/mol. The average Bonchev–Trinajstić information content (AvgIpc) is 3.74. The van der Waals surface area contributed by atoms with Gasteiger partial charge < -0.3 is 0 Å². The van der Waals surface area contributed by atoms with Gasteiger partial charge in [-0.05, 0) is 146 Å². The molecule has 10 aromatic carbocycles. The normalized spacial score (nSPS) is 13.3. The molecule has 0 amide bonds. The highest BCUT2D eigenvalue weighted by molar-refractivity contribution is 7.22. The number of benzene rings is 10. The molecule has 1 aromatic heterocycles. The second kappa shape index (κ2) is 12.7. The molecule has 0 radical (unpaired) electrons. The van der Waals surface area contributed by atoms with Crippen LogP contribution in [-0.2, 0) is 6.42 Å². The fourth-order valence-corrected chi connectivity index (χ4v) is 11.3. The highest BCUT2D eigenvalue weighted by Gasteiger charge is 2.21. The Kier molecular flexibility index (Phi) is 7.11. The molecule has 11 aromatic rings. The third-order valence-electron chi connectivity index (χ3n) is 13.1. The summed E-state index contributed by atoms with van der Waals surface area (Å²) in [5, 5.41) is 12.0. The van der Waals surface area contributed by atoms with Crippen molar-refractivity contribution < 1.29 is 0 Å². The Bertz CT molecular complexity index is 3520. The van der Waals surface area contributed by atoms with Crippen molar-refractivity contribution in [2.24, 2.45) is 0 Å². The number of hydrogen-bond acceptors (Lipinski definition) is 1. The summed E-state index contributed by atoms with van der Waals surface area (Å²) < 4.78 is 1.33. The molecular formula is C58H36S. The van der Waals surface area contributed by atoms with Crippen LogP contribution in [0.4, 0.5) is 0 Å². The molecule has 274 valence electrons. The minimum Gasteiger partial charge on any atom is -0.135 e.